The van der Waals surface area contributed by atoms with E-state index in [4.69, 9.17) is 18.6 Å². The smallest absolute Gasteiger partial charge is 0.407 e. The van der Waals surface area contributed by atoms with Crippen molar-refractivity contribution in [3.05, 3.63) is 59.2 Å². The fraction of sp³-hybridized carbons (Fsp3) is 0.538. The van der Waals surface area contributed by atoms with Crippen molar-refractivity contribution in [1.82, 2.24) is 14.9 Å². The zero-order valence-electron chi connectivity index (χ0n) is 22.5. The quantitative estimate of drug-likeness (QED) is 0.222. The molecule has 1 atom stereocenters. The number of ether oxygens (including phenoxy) is 2. The minimum atomic E-state index is -3.49. The molecule has 1 aromatic heterocycles. The number of amides is 1. The fourth-order valence-electron chi connectivity index (χ4n) is 3.94. The van der Waals surface area contributed by atoms with Crippen molar-refractivity contribution in [3.63, 3.8) is 0 Å². The van der Waals surface area contributed by atoms with Gasteiger partial charge in [-0.3, -0.25) is 4.18 Å². The summed E-state index contributed by atoms with van der Waals surface area (Å²) >= 11 is 0. The Morgan fingerprint density at radius 2 is 1.92 bits per heavy atom. The first kappa shape index (κ1) is 29.1. The Hall–Kier alpha value is -2.47. The Morgan fingerprint density at radius 1 is 1.19 bits per heavy atom. The standard InChI is InChI=1S/C26H39N3O6SSi/c1-26(13-14-35-36(2,31)32)12-11-23-22(17-26)28-24(29(23)20-33-15-16-37(3,4)5)18-27-25(30)34-19-21-9-7-6-8-10-21/h6-12H,13-20H2,1-5H3,(H,27,30). The summed E-state index contributed by atoms with van der Waals surface area (Å²) < 4.78 is 41.0. The topological polar surface area (TPSA) is 109 Å². The van der Waals surface area contributed by atoms with Crippen molar-refractivity contribution in [2.24, 2.45) is 5.41 Å². The minimum absolute atomic E-state index is 0.108. The molecule has 0 saturated heterocycles. The number of aromatic nitrogens is 2. The molecule has 9 nitrogen and oxygen atoms in total. The van der Waals surface area contributed by atoms with Gasteiger partial charge in [-0.1, -0.05) is 63.0 Å². The number of carbonyl (C=O) groups excluding carboxylic acids is 1. The number of alkyl carbamates (subject to hydrolysis) is 1. The summed E-state index contributed by atoms with van der Waals surface area (Å²) in [6, 6.07) is 10.6. The molecule has 0 saturated carbocycles. The molecule has 1 N–H and O–H groups in total. The van der Waals surface area contributed by atoms with Gasteiger partial charge in [0.25, 0.3) is 10.1 Å². The van der Waals surface area contributed by atoms with E-state index < -0.39 is 24.3 Å². The number of benzene rings is 1. The molecule has 11 heteroatoms. The van der Waals surface area contributed by atoms with Crippen molar-refractivity contribution in [3.8, 4) is 0 Å². The number of rotatable bonds is 13. The summed E-state index contributed by atoms with van der Waals surface area (Å²) in [5.41, 5.74) is 2.43. The van der Waals surface area contributed by atoms with Crippen molar-refractivity contribution >= 4 is 30.4 Å². The van der Waals surface area contributed by atoms with E-state index in [1.807, 2.05) is 41.0 Å². The van der Waals surface area contributed by atoms with Gasteiger partial charge in [-0.25, -0.2) is 9.78 Å². The molecule has 0 bridgehead atoms. The molecule has 1 aromatic carbocycles. The minimum Gasteiger partial charge on any atom is -0.445 e. The van der Waals surface area contributed by atoms with E-state index in [2.05, 4.69) is 38.0 Å². The molecule has 0 radical (unpaired) electrons. The monoisotopic (exact) mass is 549 g/mol. The number of nitrogens with one attached hydrogen (secondary N) is 1. The maximum atomic E-state index is 12.3. The van der Waals surface area contributed by atoms with Crippen LogP contribution >= 0.6 is 0 Å². The van der Waals surface area contributed by atoms with Gasteiger partial charge in [0.05, 0.1) is 30.8 Å². The van der Waals surface area contributed by atoms with Gasteiger partial charge in [0.2, 0.25) is 0 Å². The van der Waals surface area contributed by atoms with Gasteiger partial charge in [0.1, 0.15) is 19.2 Å². The lowest BCUT2D eigenvalue weighted by atomic mass is 9.79. The highest BCUT2D eigenvalue weighted by atomic mass is 32.2. The summed E-state index contributed by atoms with van der Waals surface area (Å²) in [6.07, 6.45) is 5.78. The van der Waals surface area contributed by atoms with Gasteiger partial charge >= 0.3 is 6.09 Å². The van der Waals surface area contributed by atoms with Gasteiger partial charge in [0, 0.05) is 21.1 Å². The highest BCUT2D eigenvalue weighted by molar-refractivity contribution is 7.85. The van der Waals surface area contributed by atoms with Crippen molar-refractivity contribution in [1.29, 1.82) is 0 Å². The van der Waals surface area contributed by atoms with E-state index in [9.17, 15) is 13.2 Å². The molecule has 0 aliphatic heterocycles. The van der Waals surface area contributed by atoms with Crippen LogP contribution in [-0.4, -0.2) is 51.6 Å². The van der Waals surface area contributed by atoms with Gasteiger partial charge < -0.3 is 19.4 Å². The Morgan fingerprint density at radius 3 is 2.59 bits per heavy atom. The second kappa shape index (κ2) is 12.4. The molecule has 1 unspecified atom stereocenters. The number of carbonyl (C=O) groups is 1. The Balaban J connectivity index is 1.68. The first-order valence-corrected chi connectivity index (χ1v) is 18.0. The lowest BCUT2D eigenvalue weighted by molar-refractivity contribution is 0.0840. The van der Waals surface area contributed by atoms with E-state index >= 15 is 0 Å². The van der Waals surface area contributed by atoms with Crippen LogP contribution < -0.4 is 5.32 Å². The third kappa shape index (κ3) is 9.73. The van der Waals surface area contributed by atoms with E-state index in [-0.39, 0.29) is 25.2 Å². The van der Waals surface area contributed by atoms with Crippen LogP contribution in [0.2, 0.25) is 25.7 Å². The Bertz CT molecular complexity index is 1190. The second-order valence-electron chi connectivity index (χ2n) is 11.0. The molecule has 37 heavy (non-hydrogen) atoms. The van der Waals surface area contributed by atoms with Crippen molar-refractivity contribution in [2.75, 3.05) is 19.5 Å². The average Bonchev–Trinajstić information content (AvgIpc) is 3.14. The Labute approximate surface area is 221 Å². The number of hydrogen-bond acceptors (Lipinski definition) is 7. The maximum absolute atomic E-state index is 12.3. The average molecular weight is 550 g/mol. The zero-order chi connectivity index (χ0) is 27.1. The zero-order valence-corrected chi connectivity index (χ0v) is 24.3. The first-order chi connectivity index (χ1) is 17.3. The third-order valence-electron chi connectivity index (χ3n) is 6.17. The van der Waals surface area contributed by atoms with E-state index in [1.54, 1.807) is 0 Å². The van der Waals surface area contributed by atoms with Gasteiger partial charge in [-0.2, -0.15) is 8.42 Å². The molecule has 0 fully saturated rings. The summed E-state index contributed by atoms with van der Waals surface area (Å²) in [5, 5.41) is 2.80. The third-order valence-corrected chi connectivity index (χ3v) is 8.47. The van der Waals surface area contributed by atoms with Crippen LogP contribution in [0.1, 0.15) is 36.1 Å². The van der Waals surface area contributed by atoms with Crippen molar-refractivity contribution in [2.45, 2.75) is 65.3 Å². The second-order valence-corrected chi connectivity index (χ2v) is 18.3. The summed E-state index contributed by atoms with van der Waals surface area (Å²) in [6.45, 7) is 10.5. The van der Waals surface area contributed by atoms with Crippen LogP contribution in [0.5, 0.6) is 0 Å². The summed E-state index contributed by atoms with van der Waals surface area (Å²) in [4.78, 5) is 17.2. The van der Waals surface area contributed by atoms with Crippen LogP contribution in [-0.2, 0) is 50.1 Å². The Kier molecular flexibility index (Phi) is 9.73. The molecular weight excluding hydrogens is 510 g/mol. The highest BCUT2D eigenvalue weighted by Crippen LogP contribution is 2.35. The number of nitrogens with zero attached hydrogens (tertiary/aromatic N) is 2. The molecule has 1 amide bonds. The number of allylic oxidation sites excluding steroid dienone is 1. The highest BCUT2D eigenvalue weighted by Gasteiger charge is 2.30. The molecule has 1 heterocycles. The van der Waals surface area contributed by atoms with Crippen LogP contribution in [0, 0.1) is 5.41 Å². The van der Waals surface area contributed by atoms with Gasteiger partial charge in [-0.05, 0) is 29.5 Å². The van der Waals surface area contributed by atoms with E-state index in [0.29, 0.717) is 32.0 Å². The molecule has 1 aliphatic carbocycles. The van der Waals surface area contributed by atoms with Crippen LogP contribution in [0.25, 0.3) is 6.08 Å². The number of hydrogen-bond donors (Lipinski definition) is 1. The van der Waals surface area contributed by atoms with E-state index in [1.165, 1.54) is 0 Å². The predicted molar refractivity (Wildman–Crippen MR) is 146 cm³/mol. The van der Waals surface area contributed by atoms with Gasteiger partial charge in [0.15, 0.2) is 0 Å². The molecule has 3 rings (SSSR count). The molecule has 0 spiro atoms. The first-order valence-electron chi connectivity index (χ1n) is 12.5. The fourth-order valence-corrected chi connectivity index (χ4v) is 5.09. The molecule has 2 aromatic rings. The largest absolute Gasteiger partial charge is 0.445 e. The predicted octanol–water partition coefficient (Wildman–Crippen LogP) is 4.56. The lowest BCUT2D eigenvalue weighted by Gasteiger charge is -2.28. The molecule has 1 aliphatic rings. The normalized spacial score (nSPS) is 17.4. The maximum Gasteiger partial charge on any atom is 0.407 e. The lowest BCUT2D eigenvalue weighted by Crippen LogP contribution is -2.26. The summed E-state index contributed by atoms with van der Waals surface area (Å²) in [7, 11) is -4.71. The number of imidazole rings is 1. The van der Waals surface area contributed by atoms with Crippen molar-refractivity contribution < 1.29 is 26.9 Å². The van der Waals surface area contributed by atoms with Crippen LogP contribution in [0.15, 0.2) is 36.4 Å². The van der Waals surface area contributed by atoms with Crippen LogP contribution in [0.3, 0.4) is 0 Å². The van der Waals surface area contributed by atoms with Gasteiger partial charge in [-0.15, -0.1) is 0 Å². The van der Waals surface area contributed by atoms with Crippen LogP contribution in [0.4, 0.5) is 4.79 Å². The summed E-state index contributed by atoms with van der Waals surface area (Å²) in [5.74, 6) is 0.677. The SMILES string of the molecule is CC1(CCOS(C)(=O)=O)C=Cc2c(nc(CNC(=O)OCc3ccccc3)n2COCC[Si](C)(C)C)C1. The van der Waals surface area contributed by atoms with E-state index in [0.717, 1.165) is 29.3 Å². The molecule has 204 valence electrons. The number of fused-ring (bicyclic) bond motifs is 1. The molecular formula is C26H39N3O6SSi.